The first-order valence-corrected chi connectivity index (χ1v) is 9.05. The van der Waals surface area contributed by atoms with E-state index in [1.807, 2.05) is 31.5 Å². The minimum atomic E-state index is -0.0367. The Kier molecular flexibility index (Phi) is 5.13. The number of piperidine rings is 1. The van der Waals surface area contributed by atoms with Crippen molar-refractivity contribution in [2.24, 2.45) is 18.9 Å². The van der Waals surface area contributed by atoms with E-state index < -0.39 is 0 Å². The molecule has 2 amide bonds. The Labute approximate surface area is 149 Å². The van der Waals surface area contributed by atoms with Gasteiger partial charge in [-0.2, -0.15) is 0 Å². The zero-order chi connectivity index (χ0) is 18.1. The zero-order valence-corrected chi connectivity index (χ0v) is 15.7. The first-order valence-electron chi connectivity index (χ1n) is 9.05. The van der Waals surface area contributed by atoms with Crippen molar-refractivity contribution in [2.75, 3.05) is 40.3 Å². The molecule has 0 N–H and O–H groups in total. The van der Waals surface area contributed by atoms with E-state index in [1.165, 1.54) is 5.69 Å². The third kappa shape index (κ3) is 3.56. The van der Waals surface area contributed by atoms with Gasteiger partial charge < -0.3 is 14.4 Å². The monoisotopic (exact) mass is 347 g/mol. The Hall–Kier alpha value is -1.89. The molecule has 0 saturated carbocycles. The fourth-order valence-electron chi connectivity index (χ4n) is 4.22. The number of imidazole rings is 1. The molecule has 7 heteroatoms. The molecule has 1 aromatic rings. The molecular formula is C18H29N5O2. The number of aromatic nitrogens is 2. The standard InChI is InChI=1S/C18H29N5O2/c1-13(24)23-10-15(11-23)18(25)21(3)9-14-6-5-7-20(2)17(14)16-8-19-12-22(16)4/h8,12,14-15,17H,5-7,9-11H2,1-4H3/t14-,17+/m0/s1. The van der Waals surface area contributed by atoms with Crippen LogP contribution >= 0.6 is 0 Å². The van der Waals surface area contributed by atoms with Gasteiger partial charge in [0.25, 0.3) is 0 Å². The summed E-state index contributed by atoms with van der Waals surface area (Å²) in [6.07, 6.45) is 6.05. The van der Waals surface area contributed by atoms with Crippen LogP contribution in [-0.2, 0) is 16.6 Å². The molecule has 7 nitrogen and oxygen atoms in total. The van der Waals surface area contributed by atoms with E-state index in [0.29, 0.717) is 19.0 Å². The maximum absolute atomic E-state index is 12.7. The summed E-state index contributed by atoms with van der Waals surface area (Å²) in [5.41, 5.74) is 1.21. The minimum absolute atomic E-state index is 0.0367. The second-order valence-electron chi connectivity index (χ2n) is 7.60. The van der Waals surface area contributed by atoms with Gasteiger partial charge in [-0.05, 0) is 32.4 Å². The molecule has 0 aromatic carbocycles. The summed E-state index contributed by atoms with van der Waals surface area (Å²) in [6.45, 7) is 4.50. The fraction of sp³-hybridized carbons (Fsp3) is 0.722. The van der Waals surface area contributed by atoms with Gasteiger partial charge in [-0.1, -0.05) is 0 Å². The summed E-state index contributed by atoms with van der Waals surface area (Å²) in [6, 6.07) is 0.284. The number of carbonyl (C=O) groups is 2. The van der Waals surface area contributed by atoms with Crippen LogP contribution in [-0.4, -0.2) is 76.3 Å². The summed E-state index contributed by atoms with van der Waals surface area (Å²) < 4.78 is 2.08. The van der Waals surface area contributed by atoms with Crippen molar-refractivity contribution in [1.82, 2.24) is 24.3 Å². The SMILES string of the molecule is CC(=O)N1CC(C(=O)N(C)C[C@@H]2CCCN(C)[C@H]2c2cncn2C)C1. The Balaban J connectivity index is 1.64. The molecule has 0 unspecified atom stereocenters. The number of hydrogen-bond acceptors (Lipinski definition) is 4. The average Bonchev–Trinajstić information content (AvgIpc) is 2.91. The van der Waals surface area contributed by atoms with Gasteiger partial charge in [0.15, 0.2) is 0 Å². The normalized spacial score (nSPS) is 24.9. The zero-order valence-electron chi connectivity index (χ0n) is 15.7. The van der Waals surface area contributed by atoms with Gasteiger partial charge in [-0.15, -0.1) is 0 Å². The van der Waals surface area contributed by atoms with Crippen molar-refractivity contribution >= 4 is 11.8 Å². The molecule has 138 valence electrons. The van der Waals surface area contributed by atoms with E-state index in [9.17, 15) is 9.59 Å². The van der Waals surface area contributed by atoms with Crippen molar-refractivity contribution in [3.05, 3.63) is 18.2 Å². The number of carbonyl (C=O) groups excluding carboxylic acids is 2. The van der Waals surface area contributed by atoms with E-state index in [4.69, 9.17) is 0 Å². The molecule has 2 atom stereocenters. The minimum Gasteiger partial charge on any atom is -0.345 e. The molecule has 0 aliphatic carbocycles. The van der Waals surface area contributed by atoms with Crippen LogP contribution in [0.3, 0.4) is 0 Å². The van der Waals surface area contributed by atoms with Gasteiger partial charge in [-0.3, -0.25) is 14.5 Å². The molecule has 3 rings (SSSR count). The van der Waals surface area contributed by atoms with Gasteiger partial charge >= 0.3 is 0 Å². The molecular weight excluding hydrogens is 318 g/mol. The Bertz CT molecular complexity index is 637. The second-order valence-corrected chi connectivity index (χ2v) is 7.60. The smallest absolute Gasteiger partial charge is 0.229 e. The predicted octanol–water partition coefficient (Wildman–Crippen LogP) is 0.740. The third-order valence-electron chi connectivity index (χ3n) is 5.72. The largest absolute Gasteiger partial charge is 0.345 e. The number of hydrogen-bond donors (Lipinski definition) is 0. The van der Waals surface area contributed by atoms with Gasteiger partial charge in [0.2, 0.25) is 11.8 Å². The highest BCUT2D eigenvalue weighted by atomic mass is 16.2. The highest BCUT2D eigenvalue weighted by molar-refractivity contribution is 5.83. The van der Waals surface area contributed by atoms with E-state index in [1.54, 1.807) is 11.8 Å². The molecule has 3 heterocycles. The van der Waals surface area contributed by atoms with Crippen LogP contribution in [0.5, 0.6) is 0 Å². The summed E-state index contributed by atoms with van der Waals surface area (Å²) >= 11 is 0. The van der Waals surface area contributed by atoms with Crippen LogP contribution in [0.15, 0.2) is 12.5 Å². The molecule has 2 fully saturated rings. The summed E-state index contributed by atoms with van der Waals surface area (Å²) in [7, 11) is 6.08. The lowest BCUT2D eigenvalue weighted by molar-refractivity contribution is -0.147. The van der Waals surface area contributed by atoms with Gasteiger partial charge in [0.05, 0.1) is 24.0 Å². The number of rotatable bonds is 4. The molecule has 1 aromatic heterocycles. The molecule has 25 heavy (non-hydrogen) atoms. The van der Waals surface area contributed by atoms with Crippen LogP contribution in [0.4, 0.5) is 0 Å². The number of nitrogens with zero attached hydrogens (tertiary/aromatic N) is 5. The fourth-order valence-corrected chi connectivity index (χ4v) is 4.22. The van der Waals surface area contributed by atoms with Gasteiger partial charge in [0.1, 0.15) is 0 Å². The van der Waals surface area contributed by atoms with E-state index in [2.05, 4.69) is 21.5 Å². The van der Waals surface area contributed by atoms with Crippen LogP contribution in [0.25, 0.3) is 0 Å². The van der Waals surface area contributed by atoms with Gasteiger partial charge in [0, 0.05) is 46.9 Å². The maximum atomic E-state index is 12.7. The van der Waals surface area contributed by atoms with Crippen molar-refractivity contribution in [1.29, 1.82) is 0 Å². The van der Waals surface area contributed by atoms with Crippen molar-refractivity contribution in [2.45, 2.75) is 25.8 Å². The summed E-state index contributed by atoms with van der Waals surface area (Å²) in [4.78, 5) is 34.2. The first-order chi connectivity index (χ1) is 11.9. The Morgan fingerprint density at radius 1 is 1.32 bits per heavy atom. The Morgan fingerprint density at radius 3 is 2.64 bits per heavy atom. The molecule has 0 radical (unpaired) electrons. The topological polar surface area (TPSA) is 61.7 Å². The molecule has 2 aliphatic heterocycles. The molecule has 2 aliphatic rings. The predicted molar refractivity (Wildman–Crippen MR) is 94.7 cm³/mol. The second kappa shape index (κ2) is 7.15. The lowest BCUT2D eigenvalue weighted by Crippen LogP contribution is -2.56. The van der Waals surface area contributed by atoms with E-state index in [-0.39, 0.29) is 23.8 Å². The van der Waals surface area contributed by atoms with Crippen molar-refractivity contribution < 1.29 is 9.59 Å². The lowest BCUT2D eigenvalue weighted by Gasteiger charge is -2.43. The van der Waals surface area contributed by atoms with E-state index >= 15 is 0 Å². The van der Waals surface area contributed by atoms with E-state index in [0.717, 1.165) is 25.9 Å². The van der Waals surface area contributed by atoms with Crippen LogP contribution in [0, 0.1) is 11.8 Å². The maximum Gasteiger partial charge on any atom is 0.229 e. The van der Waals surface area contributed by atoms with Crippen LogP contribution < -0.4 is 0 Å². The highest BCUT2D eigenvalue weighted by Crippen LogP contribution is 2.35. The van der Waals surface area contributed by atoms with Gasteiger partial charge in [-0.25, -0.2) is 4.98 Å². The van der Waals surface area contributed by atoms with Crippen LogP contribution in [0.2, 0.25) is 0 Å². The number of likely N-dealkylation sites (tertiary alicyclic amines) is 2. The summed E-state index contributed by atoms with van der Waals surface area (Å²) in [5.74, 6) is 0.573. The third-order valence-corrected chi connectivity index (χ3v) is 5.72. The first kappa shape index (κ1) is 17.9. The van der Waals surface area contributed by atoms with Crippen LogP contribution in [0.1, 0.15) is 31.5 Å². The highest BCUT2D eigenvalue weighted by Gasteiger charge is 2.38. The average molecular weight is 347 g/mol. The molecule has 0 bridgehead atoms. The number of aryl methyl sites for hydroxylation is 1. The lowest BCUT2D eigenvalue weighted by atomic mass is 9.86. The quantitative estimate of drug-likeness (QED) is 0.806. The van der Waals surface area contributed by atoms with Crippen molar-refractivity contribution in [3.63, 3.8) is 0 Å². The molecule has 2 saturated heterocycles. The Morgan fingerprint density at radius 2 is 2.04 bits per heavy atom. The molecule has 0 spiro atoms. The number of amides is 2. The van der Waals surface area contributed by atoms with Crippen molar-refractivity contribution in [3.8, 4) is 0 Å². The summed E-state index contributed by atoms with van der Waals surface area (Å²) in [5, 5.41) is 0.